The number of ether oxygens (including phenoxy) is 4. The van der Waals surface area contributed by atoms with Crippen LogP contribution in [0.4, 0.5) is 4.79 Å². The lowest BCUT2D eigenvalue weighted by Gasteiger charge is -2.29. The lowest BCUT2D eigenvalue weighted by Crippen LogP contribution is -2.45. The second-order valence-corrected chi connectivity index (χ2v) is 6.63. The first kappa shape index (κ1) is 21.4. The van der Waals surface area contributed by atoms with Gasteiger partial charge in [-0.25, -0.2) is 9.59 Å². The number of urea groups is 1. The predicted octanol–water partition coefficient (Wildman–Crippen LogP) is 3.07. The van der Waals surface area contributed by atoms with Crippen LogP contribution in [0.3, 0.4) is 0 Å². The summed E-state index contributed by atoms with van der Waals surface area (Å²) in [5.74, 6) is 0.867. The van der Waals surface area contributed by atoms with Crippen molar-refractivity contribution >= 4 is 12.0 Å². The average molecular weight is 392 g/mol. The van der Waals surface area contributed by atoms with Gasteiger partial charge in [-0.15, -0.1) is 0 Å². The molecule has 28 heavy (non-hydrogen) atoms. The summed E-state index contributed by atoms with van der Waals surface area (Å²) in [4.78, 5) is 24.7. The van der Waals surface area contributed by atoms with Crippen molar-refractivity contribution in [3.63, 3.8) is 0 Å². The summed E-state index contributed by atoms with van der Waals surface area (Å²) in [5.41, 5.74) is 1.37. The van der Waals surface area contributed by atoms with Crippen molar-refractivity contribution in [2.75, 3.05) is 20.8 Å². The molecule has 154 valence electrons. The first-order valence-corrected chi connectivity index (χ1v) is 9.20. The summed E-state index contributed by atoms with van der Waals surface area (Å²) in [7, 11) is 3.04. The van der Waals surface area contributed by atoms with Crippen molar-refractivity contribution in [2.24, 2.45) is 0 Å². The fourth-order valence-electron chi connectivity index (χ4n) is 2.91. The molecule has 8 heteroatoms. The molecular formula is C20H28N2O6. The van der Waals surface area contributed by atoms with Gasteiger partial charge in [-0.05, 0) is 44.9 Å². The van der Waals surface area contributed by atoms with Crippen LogP contribution in [-0.4, -0.2) is 38.9 Å². The Morgan fingerprint density at radius 1 is 1.18 bits per heavy atom. The lowest BCUT2D eigenvalue weighted by molar-refractivity contribution is -0.143. The van der Waals surface area contributed by atoms with Crippen molar-refractivity contribution in [3.05, 3.63) is 29.0 Å². The number of methoxy groups -OCH3 is 2. The number of hydrogen-bond acceptors (Lipinski definition) is 6. The molecule has 1 aliphatic rings. The number of carbonyl (C=O) groups is 2. The number of benzene rings is 1. The van der Waals surface area contributed by atoms with E-state index < -0.39 is 18.0 Å². The van der Waals surface area contributed by atoms with E-state index in [2.05, 4.69) is 10.6 Å². The van der Waals surface area contributed by atoms with Gasteiger partial charge < -0.3 is 29.6 Å². The van der Waals surface area contributed by atoms with E-state index in [0.29, 0.717) is 40.7 Å². The number of carbonyl (C=O) groups excluding carboxylic acids is 2. The first-order valence-electron chi connectivity index (χ1n) is 9.20. The molecule has 1 heterocycles. The monoisotopic (exact) mass is 392 g/mol. The van der Waals surface area contributed by atoms with E-state index >= 15 is 0 Å². The molecule has 2 amide bonds. The highest BCUT2D eigenvalue weighted by Gasteiger charge is 2.34. The van der Waals surface area contributed by atoms with E-state index in [1.807, 2.05) is 6.92 Å². The molecule has 0 radical (unpaired) electrons. The summed E-state index contributed by atoms with van der Waals surface area (Å²) in [5, 5.41) is 5.39. The molecule has 1 aromatic carbocycles. The molecule has 0 aromatic heterocycles. The van der Waals surface area contributed by atoms with E-state index in [1.165, 1.54) is 14.2 Å². The number of hydrogen-bond donors (Lipinski definition) is 2. The van der Waals surface area contributed by atoms with Gasteiger partial charge >= 0.3 is 12.0 Å². The Labute approximate surface area is 165 Å². The maximum atomic E-state index is 12.7. The number of rotatable bonds is 8. The first-order chi connectivity index (χ1) is 13.3. The van der Waals surface area contributed by atoms with Crippen molar-refractivity contribution in [1.82, 2.24) is 10.6 Å². The van der Waals surface area contributed by atoms with Crippen LogP contribution in [0.15, 0.2) is 23.4 Å². The molecule has 1 atom stereocenters. The molecule has 1 aliphatic heterocycles. The van der Waals surface area contributed by atoms with Gasteiger partial charge in [0.2, 0.25) is 5.75 Å². The zero-order chi connectivity index (χ0) is 20.8. The molecule has 2 rings (SSSR count). The minimum absolute atomic E-state index is 0.292. The standard InChI is InChI=1S/C20H28N2O6/c1-7-8-27-18-14(25-5)9-13(10-15(18)26-6)17-16(19(23)28-11(2)3)12(4)21-20(24)22-17/h9-11,17H,7-8H2,1-6H3,(H2,21,22,24). The van der Waals surface area contributed by atoms with Crippen LogP contribution in [0, 0.1) is 0 Å². The second-order valence-electron chi connectivity index (χ2n) is 6.63. The van der Waals surface area contributed by atoms with Gasteiger partial charge in [0.25, 0.3) is 0 Å². The van der Waals surface area contributed by atoms with Crippen LogP contribution < -0.4 is 24.8 Å². The molecule has 0 aliphatic carbocycles. The molecule has 0 bridgehead atoms. The maximum Gasteiger partial charge on any atom is 0.338 e. The normalized spacial score (nSPS) is 16.4. The third kappa shape index (κ3) is 4.68. The molecule has 1 unspecified atom stereocenters. The SMILES string of the molecule is CCCOc1c(OC)cc(C2NC(=O)NC(C)=C2C(=O)OC(C)C)cc1OC. The van der Waals surface area contributed by atoms with Crippen LogP contribution >= 0.6 is 0 Å². The lowest BCUT2D eigenvalue weighted by atomic mass is 9.95. The van der Waals surface area contributed by atoms with Gasteiger partial charge in [0.1, 0.15) is 0 Å². The van der Waals surface area contributed by atoms with Crippen LogP contribution in [0.5, 0.6) is 17.2 Å². The summed E-state index contributed by atoms with van der Waals surface area (Å²) < 4.78 is 22.0. The van der Waals surface area contributed by atoms with Crippen molar-refractivity contribution < 1.29 is 28.5 Å². The number of allylic oxidation sites excluding steroid dienone is 1. The van der Waals surface area contributed by atoms with Crippen molar-refractivity contribution in [1.29, 1.82) is 0 Å². The minimum atomic E-state index is -0.719. The fourth-order valence-corrected chi connectivity index (χ4v) is 2.91. The largest absolute Gasteiger partial charge is 0.493 e. The van der Waals surface area contributed by atoms with Crippen LogP contribution in [0.25, 0.3) is 0 Å². The molecule has 0 saturated heterocycles. The Hall–Kier alpha value is -2.90. The van der Waals surface area contributed by atoms with Crippen molar-refractivity contribution in [2.45, 2.75) is 46.3 Å². The van der Waals surface area contributed by atoms with Crippen molar-refractivity contribution in [3.8, 4) is 17.2 Å². The minimum Gasteiger partial charge on any atom is -0.493 e. The Bertz CT molecular complexity index is 747. The highest BCUT2D eigenvalue weighted by atomic mass is 16.5. The second kappa shape index (κ2) is 9.34. The van der Waals surface area contributed by atoms with E-state index in [9.17, 15) is 9.59 Å². The summed E-state index contributed by atoms with van der Waals surface area (Å²) >= 11 is 0. The number of amides is 2. The highest BCUT2D eigenvalue weighted by molar-refractivity contribution is 5.95. The molecule has 2 N–H and O–H groups in total. The number of nitrogens with one attached hydrogen (secondary N) is 2. The van der Waals surface area contributed by atoms with Gasteiger partial charge in [0.15, 0.2) is 11.5 Å². The quantitative estimate of drug-likeness (QED) is 0.660. The molecule has 0 spiro atoms. The maximum absolute atomic E-state index is 12.7. The average Bonchev–Trinajstić information content (AvgIpc) is 2.64. The predicted molar refractivity (Wildman–Crippen MR) is 104 cm³/mol. The van der Waals surface area contributed by atoms with Crippen LogP contribution in [0.2, 0.25) is 0 Å². The summed E-state index contributed by atoms with van der Waals surface area (Å²) in [6.07, 6.45) is 0.533. The van der Waals surface area contributed by atoms with Gasteiger partial charge in [-0.3, -0.25) is 0 Å². The third-order valence-corrected chi connectivity index (χ3v) is 4.10. The zero-order valence-corrected chi connectivity index (χ0v) is 17.2. The van der Waals surface area contributed by atoms with Gasteiger partial charge in [0, 0.05) is 5.70 Å². The smallest absolute Gasteiger partial charge is 0.338 e. The Morgan fingerprint density at radius 2 is 1.79 bits per heavy atom. The van der Waals surface area contributed by atoms with Gasteiger partial charge in [-0.1, -0.05) is 6.92 Å². The summed E-state index contributed by atoms with van der Waals surface area (Å²) in [6, 6.07) is 2.32. The van der Waals surface area contributed by atoms with Gasteiger partial charge in [0.05, 0.1) is 38.5 Å². The topological polar surface area (TPSA) is 95.1 Å². The Kier molecular flexibility index (Phi) is 7.14. The van der Waals surface area contributed by atoms with Crippen LogP contribution in [0.1, 0.15) is 45.7 Å². The Morgan fingerprint density at radius 3 is 2.29 bits per heavy atom. The third-order valence-electron chi connectivity index (χ3n) is 4.10. The van der Waals surface area contributed by atoms with E-state index in [1.54, 1.807) is 32.9 Å². The number of esters is 1. The zero-order valence-electron chi connectivity index (χ0n) is 17.2. The Balaban J connectivity index is 2.54. The fraction of sp³-hybridized carbons (Fsp3) is 0.500. The van der Waals surface area contributed by atoms with E-state index in [4.69, 9.17) is 18.9 Å². The van der Waals surface area contributed by atoms with Crippen LogP contribution in [-0.2, 0) is 9.53 Å². The van der Waals surface area contributed by atoms with E-state index in [-0.39, 0.29) is 6.10 Å². The molecule has 8 nitrogen and oxygen atoms in total. The molecule has 0 fully saturated rings. The summed E-state index contributed by atoms with van der Waals surface area (Å²) in [6.45, 7) is 7.70. The van der Waals surface area contributed by atoms with E-state index in [0.717, 1.165) is 6.42 Å². The molecular weight excluding hydrogens is 364 g/mol. The highest BCUT2D eigenvalue weighted by Crippen LogP contribution is 2.42. The molecule has 0 saturated carbocycles. The molecule has 1 aromatic rings. The van der Waals surface area contributed by atoms with Gasteiger partial charge in [-0.2, -0.15) is 0 Å².